The third-order valence-electron chi connectivity index (χ3n) is 1.42. The standard InChI is InChI=1S/C7H10N2O2S/c8-2-1-6-5(3-7(10)11)9-4-12-6/h4H,1-3,8H2,(H,10,11). The lowest BCUT2D eigenvalue weighted by Crippen LogP contribution is -2.06. The van der Waals surface area contributed by atoms with E-state index in [0.29, 0.717) is 18.7 Å². The Balaban J connectivity index is 2.69. The van der Waals surface area contributed by atoms with Gasteiger partial charge in [0, 0.05) is 4.88 Å². The van der Waals surface area contributed by atoms with E-state index in [-0.39, 0.29) is 6.42 Å². The molecule has 0 bridgehead atoms. The lowest BCUT2D eigenvalue weighted by atomic mass is 10.2. The minimum absolute atomic E-state index is 0.00116. The van der Waals surface area contributed by atoms with Gasteiger partial charge in [-0.2, -0.15) is 0 Å². The molecule has 1 aromatic heterocycles. The number of hydrogen-bond acceptors (Lipinski definition) is 4. The first-order valence-electron chi connectivity index (χ1n) is 3.57. The van der Waals surface area contributed by atoms with Gasteiger partial charge in [-0.05, 0) is 13.0 Å². The average Bonchev–Trinajstić information content (AvgIpc) is 2.37. The van der Waals surface area contributed by atoms with Gasteiger partial charge in [0.25, 0.3) is 0 Å². The Hall–Kier alpha value is -0.940. The van der Waals surface area contributed by atoms with Crippen molar-refractivity contribution in [2.24, 2.45) is 5.73 Å². The first-order chi connectivity index (χ1) is 5.74. The first-order valence-corrected chi connectivity index (χ1v) is 4.45. The van der Waals surface area contributed by atoms with E-state index in [1.54, 1.807) is 5.51 Å². The summed E-state index contributed by atoms with van der Waals surface area (Å²) in [5.41, 5.74) is 7.66. The smallest absolute Gasteiger partial charge is 0.309 e. The summed E-state index contributed by atoms with van der Waals surface area (Å²) in [6.45, 7) is 0.537. The predicted molar refractivity (Wildman–Crippen MR) is 46.2 cm³/mol. The Bertz CT molecular complexity index is 272. The number of nitrogens with two attached hydrogens (primary N) is 1. The second-order valence-corrected chi connectivity index (χ2v) is 3.27. The summed E-state index contributed by atoms with van der Waals surface area (Å²) in [4.78, 5) is 15.3. The molecule has 0 atom stereocenters. The highest BCUT2D eigenvalue weighted by molar-refractivity contribution is 7.09. The number of nitrogens with zero attached hydrogens (tertiary/aromatic N) is 1. The molecule has 1 rings (SSSR count). The van der Waals surface area contributed by atoms with Crippen molar-refractivity contribution in [2.75, 3.05) is 6.54 Å². The number of carbonyl (C=O) groups is 1. The third-order valence-corrected chi connectivity index (χ3v) is 2.35. The Labute approximate surface area is 74.0 Å². The highest BCUT2D eigenvalue weighted by Gasteiger charge is 2.08. The largest absolute Gasteiger partial charge is 0.481 e. The second kappa shape index (κ2) is 4.18. The number of carboxylic acid groups (broad SMARTS) is 1. The van der Waals surface area contributed by atoms with Crippen molar-refractivity contribution < 1.29 is 9.90 Å². The van der Waals surface area contributed by atoms with Crippen LogP contribution in [0.4, 0.5) is 0 Å². The maximum absolute atomic E-state index is 10.4. The van der Waals surface area contributed by atoms with Crippen LogP contribution in [-0.2, 0) is 17.6 Å². The first kappa shape index (κ1) is 9.15. The molecule has 1 aromatic rings. The molecule has 0 spiro atoms. The van der Waals surface area contributed by atoms with E-state index in [0.717, 1.165) is 4.88 Å². The van der Waals surface area contributed by atoms with E-state index in [1.165, 1.54) is 11.3 Å². The number of thiazole rings is 1. The van der Waals surface area contributed by atoms with Crippen LogP contribution in [0.1, 0.15) is 10.6 Å². The third kappa shape index (κ3) is 2.28. The highest BCUT2D eigenvalue weighted by atomic mass is 32.1. The van der Waals surface area contributed by atoms with Crippen LogP contribution in [0, 0.1) is 0 Å². The van der Waals surface area contributed by atoms with Gasteiger partial charge in [-0.15, -0.1) is 11.3 Å². The van der Waals surface area contributed by atoms with Crippen molar-refractivity contribution in [3.05, 3.63) is 16.1 Å². The minimum Gasteiger partial charge on any atom is -0.481 e. The minimum atomic E-state index is -0.848. The molecular formula is C7H10N2O2S. The molecule has 0 aromatic carbocycles. The molecule has 0 aliphatic carbocycles. The lowest BCUT2D eigenvalue weighted by molar-refractivity contribution is -0.136. The molecule has 0 saturated carbocycles. The monoisotopic (exact) mass is 186 g/mol. The van der Waals surface area contributed by atoms with Crippen molar-refractivity contribution in [3.8, 4) is 0 Å². The van der Waals surface area contributed by atoms with Crippen LogP contribution < -0.4 is 5.73 Å². The molecule has 1 heterocycles. The van der Waals surface area contributed by atoms with Gasteiger partial charge in [-0.25, -0.2) is 4.98 Å². The number of aliphatic carboxylic acids is 1. The molecule has 5 heteroatoms. The lowest BCUT2D eigenvalue weighted by Gasteiger charge is -1.95. The zero-order valence-electron chi connectivity index (χ0n) is 6.49. The molecule has 0 saturated heterocycles. The second-order valence-electron chi connectivity index (χ2n) is 2.33. The van der Waals surface area contributed by atoms with E-state index in [1.807, 2.05) is 0 Å². The summed E-state index contributed by atoms with van der Waals surface area (Å²) in [7, 11) is 0. The van der Waals surface area contributed by atoms with Gasteiger partial charge in [0.05, 0.1) is 17.6 Å². The average molecular weight is 186 g/mol. The van der Waals surface area contributed by atoms with Gasteiger partial charge < -0.3 is 10.8 Å². The number of aromatic nitrogens is 1. The molecule has 0 amide bonds. The fraction of sp³-hybridized carbons (Fsp3) is 0.429. The Morgan fingerprint density at radius 3 is 3.08 bits per heavy atom. The quantitative estimate of drug-likeness (QED) is 0.707. The topological polar surface area (TPSA) is 76.2 Å². The SMILES string of the molecule is NCCc1scnc1CC(=O)O. The summed E-state index contributed by atoms with van der Waals surface area (Å²) in [6, 6.07) is 0. The Morgan fingerprint density at radius 1 is 1.75 bits per heavy atom. The molecule has 3 N–H and O–H groups in total. The molecule has 0 unspecified atom stereocenters. The normalized spacial score (nSPS) is 10.1. The Morgan fingerprint density at radius 2 is 2.50 bits per heavy atom. The predicted octanol–water partition coefficient (Wildman–Crippen LogP) is 0.271. The van der Waals surface area contributed by atoms with Crippen LogP contribution in [0.2, 0.25) is 0 Å². The number of hydrogen-bond donors (Lipinski definition) is 2. The van der Waals surface area contributed by atoms with Gasteiger partial charge >= 0.3 is 5.97 Å². The van der Waals surface area contributed by atoms with Gasteiger partial charge in [-0.1, -0.05) is 0 Å². The van der Waals surface area contributed by atoms with Gasteiger partial charge in [-0.3, -0.25) is 4.79 Å². The number of rotatable bonds is 4. The van der Waals surface area contributed by atoms with Crippen molar-refractivity contribution in [1.29, 1.82) is 0 Å². The van der Waals surface area contributed by atoms with Crippen LogP contribution in [0.15, 0.2) is 5.51 Å². The molecule has 0 aliphatic rings. The van der Waals surface area contributed by atoms with E-state index < -0.39 is 5.97 Å². The van der Waals surface area contributed by atoms with Crippen LogP contribution in [0.25, 0.3) is 0 Å². The summed E-state index contributed by atoms with van der Waals surface area (Å²) in [6.07, 6.45) is 0.714. The van der Waals surface area contributed by atoms with Crippen LogP contribution in [0.5, 0.6) is 0 Å². The summed E-state index contributed by atoms with van der Waals surface area (Å²) < 4.78 is 0. The molecule has 0 fully saturated rings. The van der Waals surface area contributed by atoms with Crippen molar-refractivity contribution >= 4 is 17.3 Å². The summed E-state index contributed by atoms with van der Waals surface area (Å²) in [5.74, 6) is -0.848. The zero-order chi connectivity index (χ0) is 8.97. The van der Waals surface area contributed by atoms with E-state index in [9.17, 15) is 4.79 Å². The van der Waals surface area contributed by atoms with Crippen LogP contribution in [-0.4, -0.2) is 22.6 Å². The summed E-state index contributed by atoms with van der Waals surface area (Å²) in [5, 5.41) is 8.51. The van der Waals surface area contributed by atoms with Gasteiger partial charge in [0.1, 0.15) is 0 Å². The Kier molecular flexibility index (Phi) is 3.19. The van der Waals surface area contributed by atoms with Crippen LogP contribution >= 0.6 is 11.3 Å². The molecule has 0 radical (unpaired) electrons. The molecule has 0 aliphatic heterocycles. The molecule has 12 heavy (non-hydrogen) atoms. The van der Waals surface area contributed by atoms with Crippen molar-refractivity contribution in [2.45, 2.75) is 12.8 Å². The maximum atomic E-state index is 10.4. The van der Waals surface area contributed by atoms with E-state index in [4.69, 9.17) is 10.8 Å². The van der Waals surface area contributed by atoms with Crippen molar-refractivity contribution in [3.63, 3.8) is 0 Å². The molecular weight excluding hydrogens is 176 g/mol. The fourth-order valence-electron chi connectivity index (χ4n) is 0.915. The molecule has 66 valence electrons. The van der Waals surface area contributed by atoms with Gasteiger partial charge in [0.2, 0.25) is 0 Å². The van der Waals surface area contributed by atoms with E-state index >= 15 is 0 Å². The maximum Gasteiger partial charge on any atom is 0.309 e. The highest BCUT2D eigenvalue weighted by Crippen LogP contribution is 2.13. The van der Waals surface area contributed by atoms with Crippen molar-refractivity contribution in [1.82, 2.24) is 4.98 Å². The zero-order valence-corrected chi connectivity index (χ0v) is 7.30. The number of carboxylic acids is 1. The van der Waals surface area contributed by atoms with Gasteiger partial charge in [0.15, 0.2) is 0 Å². The molecule has 4 nitrogen and oxygen atoms in total. The van der Waals surface area contributed by atoms with E-state index in [2.05, 4.69) is 4.98 Å². The summed E-state index contributed by atoms with van der Waals surface area (Å²) >= 11 is 1.46. The van der Waals surface area contributed by atoms with Crippen LogP contribution in [0.3, 0.4) is 0 Å². The fourth-order valence-corrected chi connectivity index (χ4v) is 1.72.